The van der Waals surface area contributed by atoms with Gasteiger partial charge in [0, 0.05) is 0 Å². The van der Waals surface area contributed by atoms with Crippen molar-refractivity contribution >= 4 is 32.5 Å². The van der Waals surface area contributed by atoms with E-state index in [0.717, 1.165) is 3.51 Å². The van der Waals surface area contributed by atoms with Gasteiger partial charge in [0.05, 0.1) is 0 Å². The normalized spacial score (nSPS) is 7.15. The molecule has 1 radical (unpaired) electrons. The summed E-state index contributed by atoms with van der Waals surface area (Å²) in [6, 6.07) is 6.94. The van der Waals surface area contributed by atoms with Crippen molar-refractivity contribution in [1.29, 1.82) is 0 Å². The van der Waals surface area contributed by atoms with E-state index in [4.69, 9.17) is 5.11 Å². The van der Waals surface area contributed by atoms with Crippen LogP contribution in [0.15, 0.2) is 24.3 Å². The number of hydrogen-bond donors (Lipinski definition) is 1. The topological polar surface area (TPSA) is 130 Å². The van der Waals surface area contributed by atoms with E-state index in [1.807, 2.05) is 6.07 Å². The smallest absolute Gasteiger partial charge is 0.870 e. The molecular formula is C7H11O5Sb-. The maximum absolute atomic E-state index is 10.4. The third-order valence-electron chi connectivity index (χ3n) is 1.11. The van der Waals surface area contributed by atoms with Crippen LogP contribution in [0.5, 0.6) is 0 Å². The first-order chi connectivity index (χ1) is 4.70. The fourth-order valence-electron chi connectivity index (χ4n) is 0.652. The zero-order valence-electron chi connectivity index (χ0n) is 6.61. The summed E-state index contributed by atoms with van der Waals surface area (Å²) in [4.78, 5) is 10.4. The number of benzene rings is 1. The molecule has 6 N–H and O–H groups in total. The number of rotatable bonds is 1. The SMILES string of the molecule is O.O.O=C(O)c1ccc[c]([SbH])c1.[OH-]. The summed E-state index contributed by atoms with van der Waals surface area (Å²) < 4.78 is 1.06. The van der Waals surface area contributed by atoms with Crippen LogP contribution >= 0.6 is 0 Å². The van der Waals surface area contributed by atoms with Crippen molar-refractivity contribution in [1.82, 2.24) is 0 Å². The molecule has 6 heteroatoms. The zero-order chi connectivity index (χ0) is 7.56. The molecule has 0 saturated carbocycles. The van der Waals surface area contributed by atoms with Crippen LogP contribution in [0, 0.1) is 0 Å². The van der Waals surface area contributed by atoms with Gasteiger partial charge in [-0.15, -0.1) is 0 Å². The van der Waals surface area contributed by atoms with Gasteiger partial charge in [-0.05, 0) is 0 Å². The van der Waals surface area contributed by atoms with Gasteiger partial charge in [0.1, 0.15) is 0 Å². The monoisotopic (exact) mass is 296 g/mol. The molecule has 0 aromatic heterocycles. The molecule has 0 atom stereocenters. The number of carboxylic acids is 1. The Morgan fingerprint density at radius 2 is 1.85 bits per heavy atom. The van der Waals surface area contributed by atoms with Crippen LogP contribution in [0.4, 0.5) is 0 Å². The Labute approximate surface area is 88.8 Å². The minimum absolute atomic E-state index is 0. The first-order valence-corrected chi connectivity index (χ1v) is 4.18. The van der Waals surface area contributed by atoms with Crippen LogP contribution < -0.4 is 3.51 Å². The Balaban J connectivity index is -0.000000333. The summed E-state index contributed by atoms with van der Waals surface area (Å²) in [5.74, 6) is -0.857. The molecule has 0 amide bonds. The zero-order valence-corrected chi connectivity index (χ0v) is 9.47. The van der Waals surface area contributed by atoms with Gasteiger partial charge in [0.25, 0.3) is 0 Å². The number of carboxylic acid groups (broad SMARTS) is 1. The summed E-state index contributed by atoms with van der Waals surface area (Å²) >= 11 is 1.24. The van der Waals surface area contributed by atoms with Gasteiger partial charge in [0.2, 0.25) is 0 Å². The van der Waals surface area contributed by atoms with E-state index in [-0.39, 0.29) is 16.4 Å². The van der Waals surface area contributed by atoms with Crippen LogP contribution in [-0.2, 0) is 0 Å². The first-order valence-electron chi connectivity index (χ1n) is 2.75. The standard InChI is InChI=1S/C7H5O2.3H2O.Sb.H/c8-7(9)6-4-2-1-3-5-6;;;;;/h1-2,4-5H,(H,8,9);3*1H2;;/p-1. The molecule has 13 heavy (non-hydrogen) atoms. The summed E-state index contributed by atoms with van der Waals surface area (Å²) in [5.41, 5.74) is 0.370. The average molecular weight is 297 g/mol. The summed E-state index contributed by atoms with van der Waals surface area (Å²) in [6.07, 6.45) is 0. The van der Waals surface area contributed by atoms with Gasteiger partial charge in [-0.2, -0.15) is 0 Å². The summed E-state index contributed by atoms with van der Waals surface area (Å²) in [5, 5.41) is 8.52. The van der Waals surface area contributed by atoms with Crippen LogP contribution in [0.3, 0.4) is 0 Å². The van der Waals surface area contributed by atoms with Crippen LogP contribution in [0.1, 0.15) is 10.4 Å². The molecule has 0 saturated heterocycles. The largest absolute Gasteiger partial charge is 0.870 e. The molecule has 1 rings (SSSR count). The summed E-state index contributed by atoms with van der Waals surface area (Å²) in [6.45, 7) is 0. The molecule has 0 unspecified atom stereocenters. The maximum atomic E-state index is 10.4. The molecule has 0 bridgehead atoms. The van der Waals surface area contributed by atoms with Crippen molar-refractivity contribution in [2.24, 2.45) is 0 Å². The molecule has 0 aliphatic rings. The van der Waals surface area contributed by atoms with E-state index in [2.05, 4.69) is 0 Å². The Morgan fingerprint density at radius 3 is 2.15 bits per heavy atom. The predicted octanol–water partition coefficient (Wildman–Crippen LogP) is -1.92. The van der Waals surface area contributed by atoms with Gasteiger partial charge in [-0.25, -0.2) is 0 Å². The molecule has 5 nitrogen and oxygen atoms in total. The first kappa shape index (κ1) is 18.2. The Kier molecular flexibility index (Phi) is 11.2. The van der Waals surface area contributed by atoms with Gasteiger partial charge in [0.15, 0.2) is 0 Å². The van der Waals surface area contributed by atoms with Crippen LogP contribution in [-0.4, -0.2) is 50.5 Å². The van der Waals surface area contributed by atoms with E-state index in [1.54, 1.807) is 18.2 Å². The number of aromatic carboxylic acids is 1. The molecular weight excluding hydrogens is 286 g/mol. The van der Waals surface area contributed by atoms with Crippen molar-refractivity contribution in [3.8, 4) is 0 Å². The van der Waals surface area contributed by atoms with Crippen molar-refractivity contribution in [2.45, 2.75) is 0 Å². The van der Waals surface area contributed by atoms with Gasteiger partial charge < -0.3 is 16.4 Å². The number of carbonyl (C=O) groups is 1. The van der Waals surface area contributed by atoms with E-state index in [0.29, 0.717) is 5.56 Å². The van der Waals surface area contributed by atoms with E-state index in [1.165, 1.54) is 23.0 Å². The molecule has 0 spiro atoms. The minimum Gasteiger partial charge on any atom is -0.870 e. The van der Waals surface area contributed by atoms with Crippen LogP contribution in [0.25, 0.3) is 0 Å². The maximum Gasteiger partial charge on any atom is -0.870 e. The van der Waals surface area contributed by atoms with Gasteiger partial charge >= 0.3 is 72.2 Å². The van der Waals surface area contributed by atoms with E-state index < -0.39 is 5.97 Å². The Hall–Kier alpha value is -0.612. The molecule has 1 aromatic carbocycles. The van der Waals surface area contributed by atoms with Crippen molar-refractivity contribution in [3.63, 3.8) is 0 Å². The molecule has 0 fully saturated rings. The fraction of sp³-hybridized carbons (Fsp3) is 0. The second-order valence-electron chi connectivity index (χ2n) is 1.89. The quantitative estimate of drug-likeness (QED) is 0.606. The van der Waals surface area contributed by atoms with Crippen molar-refractivity contribution in [3.05, 3.63) is 29.8 Å². The molecule has 0 aliphatic carbocycles. The average Bonchev–Trinajstić information content (AvgIpc) is 1.88. The molecule has 75 valence electrons. The van der Waals surface area contributed by atoms with Gasteiger partial charge in [-0.3, -0.25) is 0 Å². The third kappa shape index (κ3) is 5.60. The Bertz CT molecular complexity index is 263. The van der Waals surface area contributed by atoms with Crippen molar-refractivity contribution < 1.29 is 26.3 Å². The molecule has 1 aromatic rings. The minimum atomic E-state index is -0.857. The fourth-order valence-corrected chi connectivity index (χ4v) is 1.37. The van der Waals surface area contributed by atoms with Gasteiger partial charge in [-0.1, -0.05) is 0 Å². The van der Waals surface area contributed by atoms with E-state index in [9.17, 15) is 4.79 Å². The second kappa shape index (κ2) is 8.01. The third-order valence-corrected chi connectivity index (χ3v) is 2.00. The second-order valence-corrected chi connectivity index (χ2v) is 3.53. The molecule has 0 aliphatic heterocycles. The van der Waals surface area contributed by atoms with Crippen molar-refractivity contribution in [2.75, 3.05) is 0 Å². The predicted molar refractivity (Wildman–Crippen MR) is 49.3 cm³/mol. The molecule has 0 heterocycles. The Morgan fingerprint density at radius 1 is 1.31 bits per heavy atom. The number of hydrogen-bond acceptors (Lipinski definition) is 2. The van der Waals surface area contributed by atoms with Crippen LogP contribution in [0.2, 0.25) is 0 Å². The summed E-state index contributed by atoms with van der Waals surface area (Å²) in [7, 11) is 0. The van der Waals surface area contributed by atoms with E-state index >= 15 is 0 Å².